The zero-order valence-electron chi connectivity index (χ0n) is 15.6. The standard InChI is InChI=1S/C22H27N3S/c1-3-16(2)25-11-8-17(9-12-25)21-15-24-22-7-6-18(13-20(21)22)26-19-5-4-10-23-14-19/h4-7,10,13-17,24H,3,8-9,11-12H2,1-2H3. The van der Waals surface area contributed by atoms with Crippen LogP contribution in [-0.2, 0) is 0 Å². The number of fused-ring (bicyclic) bond motifs is 1. The van der Waals surface area contributed by atoms with Gasteiger partial charge in [-0.1, -0.05) is 18.7 Å². The molecule has 1 aliphatic heterocycles. The monoisotopic (exact) mass is 365 g/mol. The predicted molar refractivity (Wildman–Crippen MR) is 110 cm³/mol. The number of piperidine rings is 1. The van der Waals surface area contributed by atoms with Crippen LogP contribution in [0.3, 0.4) is 0 Å². The van der Waals surface area contributed by atoms with Crippen LogP contribution in [0.5, 0.6) is 0 Å². The van der Waals surface area contributed by atoms with Crippen LogP contribution in [-0.4, -0.2) is 34.0 Å². The van der Waals surface area contributed by atoms with Gasteiger partial charge in [0.1, 0.15) is 0 Å². The zero-order valence-corrected chi connectivity index (χ0v) is 16.4. The highest BCUT2D eigenvalue weighted by atomic mass is 32.2. The smallest absolute Gasteiger partial charge is 0.0457 e. The molecule has 1 unspecified atom stereocenters. The Labute approximate surface area is 160 Å². The molecule has 1 aromatic carbocycles. The third-order valence-electron chi connectivity index (χ3n) is 5.74. The van der Waals surface area contributed by atoms with Gasteiger partial charge in [-0.15, -0.1) is 0 Å². The summed E-state index contributed by atoms with van der Waals surface area (Å²) in [5, 5.41) is 1.39. The fourth-order valence-corrected chi connectivity index (χ4v) is 4.82. The van der Waals surface area contributed by atoms with E-state index in [0.29, 0.717) is 12.0 Å². The maximum Gasteiger partial charge on any atom is 0.0457 e. The van der Waals surface area contributed by atoms with Gasteiger partial charge in [0.15, 0.2) is 0 Å². The van der Waals surface area contributed by atoms with Crippen molar-refractivity contribution in [1.29, 1.82) is 0 Å². The number of aromatic amines is 1. The number of nitrogens with one attached hydrogen (secondary N) is 1. The van der Waals surface area contributed by atoms with Crippen LogP contribution in [0.25, 0.3) is 10.9 Å². The summed E-state index contributed by atoms with van der Waals surface area (Å²) in [6, 6.07) is 11.6. The van der Waals surface area contributed by atoms with E-state index in [0.717, 1.165) is 0 Å². The van der Waals surface area contributed by atoms with Crippen molar-refractivity contribution in [2.24, 2.45) is 0 Å². The maximum atomic E-state index is 4.22. The van der Waals surface area contributed by atoms with Crippen molar-refractivity contribution in [2.45, 2.75) is 54.9 Å². The molecule has 0 spiro atoms. The normalized spacial score (nSPS) is 17.6. The number of likely N-dealkylation sites (tertiary alicyclic amines) is 1. The molecule has 0 radical (unpaired) electrons. The first-order chi connectivity index (χ1) is 12.7. The van der Waals surface area contributed by atoms with Crippen molar-refractivity contribution in [3.8, 4) is 0 Å². The van der Waals surface area contributed by atoms with E-state index >= 15 is 0 Å². The van der Waals surface area contributed by atoms with Crippen LogP contribution in [0.15, 0.2) is 58.7 Å². The number of nitrogens with zero attached hydrogens (tertiary/aromatic N) is 2. The number of hydrogen-bond donors (Lipinski definition) is 1. The Kier molecular flexibility index (Phi) is 5.32. The van der Waals surface area contributed by atoms with Crippen molar-refractivity contribution in [2.75, 3.05) is 13.1 Å². The summed E-state index contributed by atoms with van der Waals surface area (Å²) in [6.45, 7) is 7.08. The van der Waals surface area contributed by atoms with Gasteiger partial charge >= 0.3 is 0 Å². The fraction of sp³-hybridized carbons (Fsp3) is 0.409. The quantitative estimate of drug-likeness (QED) is 0.630. The van der Waals surface area contributed by atoms with Crippen molar-refractivity contribution >= 4 is 22.7 Å². The van der Waals surface area contributed by atoms with Crippen LogP contribution in [0.2, 0.25) is 0 Å². The zero-order chi connectivity index (χ0) is 17.9. The summed E-state index contributed by atoms with van der Waals surface area (Å²) >= 11 is 1.78. The molecule has 1 fully saturated rings. The van der Waals surface area contributed by atoms with E-state index in [1.165, 1.54) is 58.6 Å². The molecular formula is C22H27N3S. The first-order valence-electron chi connectivity index (χ1n) is 9.67. The first-order valence-corrected chi connectivity index (χ1v) is 10.5. The highest BCUT2D eigenvalue weighted by molar-refractivity contribution is 7.99. The lowest BCUT2D eigenvalue weighted by molar-refractivity contribution is 0.158. The Morgan fingerprint density at radius 2 is 2.08 bits per heavy atom. The van der Waals surface area contributed by atoms with E-state index in [-0.39, 0.29) is 0 Å². The van der Waals surface area contributed by atoms with Crippen LogP contribution in [0, 0.1) is 0 Å². The molecule has 3 heterocycles. The average molecular weight is 366 g/mol. The highest BCUT2D eigenvalue weighted by Crippen LogP contribution is 2.36. The second-order valence-corrected chi connectivity index (χ2v) is 8.46. The van der Waals surface area contributed by atoms with E-state index in [2.05, 4.69) is 59.2 Å². The lowest BCUT2D eigenvalue weighted by atomic mass is 9.88. The van der Waals surface area contributed by atoms with E-state index in [1.54, 1.807) is 11.8 Å². The summed E-state index contributed by atoms with van der Waals surface area (Å²) in [6.07, 6.45) is 9.76. The van der Waals surface area contributed by atoms with E-state index in [4.69, 9.17) is 0 Å². The number of H-pyrrole nitrogens is 1. The average Bonchev–Trinajstić information content (AvgIpc) is 3.11. The molecule has 0 aliphatic carbocycles. The molecule has 1 N–H and O–H groups in total. The molecule has 1 saturated heterocycles. The van der Waals surface area contributed by atoms with Gasteiger partial charge in [-0.05, 0) is 81.1 Å². The Hall–Kier alpha value is -1.78. The van der Waals surface area contributed by atoms with Gasteiger partial charge in [-0.25, -0.2) is 0 Å². The molecule has 136 valence electrons. The summed E-state index contributed by atoms with van der Waals surface area (Å²) < 4.78 is 0. The summed E-state index contributed by atoms with van der Waals surface area (Å²) in [4.78, 5) is 12.8. The van der Waals surface area contributed by atoms with Crippen LogP contribution < -0.4 is 0 Å². The molecule has 26 heavy (non-hydrogen) atoms. The van der Waals surface area contributed by atoms with Gasteiger partial charge < -0.3 is 9.88 Å². The highest BCUT2D eigenvalue weighted by Gasteiger charge is 2.24. The molecule has 4 rings (SSSR count). The predicted octanol–water partition coefficient (Wildman–Crippen LogP) is 5.69. The second-order valence-electron chi connectivity index (χ2n) is 7.31. The summed E-state index contributed by atoms with van der Waals surface area (Å²) in [5.41, 5.74) is 2.75. The third kappa shape index (κ3) is 3.67. The van der Waals surface area contributed by atoms with Crippen molar-refractivity contribution < 1.29 is 0 Å². The molecule has 1 atom stereocenters. The SMILES string of the molecule is CCC(C)N1CCC(c2c[nH]c3ccc(Sc4cccnc4)cc23)CC1. The second kappa shape index (κ2) is 7.85. The molecule has 3 aromatic rings. The first kappa shape index (κ1) is 17.6. The molecule has 0 amide bonds. The number of rotatable bonds is 5. The van der Waals surface area contributed by atoms with Gasteiger partial charge in [0.25, 0.3) is 0 Å². The van der Waals surface area contributed by atoms with Crippen LogP contribution >= 0.6 is 11.8 Å². The molecule has 0 bridgehead atoms. The Bertz CT molecular complexity index is 850. The minimum Gasteiger partial charge on any atom is -0.361 e. The number of aromatic nitrogens is 2. The summed E-state index contributed by atoms with van der Waals surface area (Å²) in [5.74, 6) is 0.669. The minimum absolute atomic E-state index is 0.669. The van der Waals surface area contributed by atoms with Crippen LogP contribution in [0.1, 0.15) is 44.6 Å². The van der Waals surface area contributed by atoms with Crippen molar-refractivity contribution in [3.63, 3.8) is 0 Å². The van der Waals surface area contributed by atoms with Crippen molar-refractivity contribution in [3.05, 3.63) is 54.5 Å². The van der Waals surface area contributed by atoms with E-state index < -0.39 is 0 Å². The van der Waals surface area contributed by atoms with E-state index in [9.17, 15) is 0 Å². The van der Waals surface area contributed by atoms with Gasteiger partial charge in [-0.3, -0.25) is 4.98 Å². The van der Waals surface area contributed by atoms with Gasteiger partial charge in [-0.2, -0.15) is 0 Å². The largest absolute Gasteiger partial charge is 0.361 e. The molecule has 0 saturated carbocycles. The lowest BCUT2D eigenvalue weighted by Gasteiger charge is -2.35. The lowest BCUT2D eigenvalue weighted by Crippen LogP contribution is -2.39. The fourth-order valence-electron chi connectivity index (χ4n) is 3.98. The van der Waals surface area contributed by atoms with Gasteiger partial charge in [0, 0.05) is 45.3 Å². The molecular weight excluding hydrogens is 338 g/mol. The molecule has 2 aromatic heterocycles. The Morgan fingerprint density at radius 1 is 1.23 bits per heavy atom. The summed E-state index contributed by atoms with van der Waals surface area (Å²) in [7, 11) is 0. The van der Waals surface area contributed by atoms with E-state index in [1.807, 2.05) is 18.5 Å². The third-order valence-corrected chi connectivity index (χ3v) is 6.71. The van der Waals surface area contributed by atoms with Crippen molar-refractivity contribution in [1.82, 2.24) is 14.9 Å². The van der Waals surface area contributed by atoms with Gasteiger partial charge in [0.2, 0.25) is 0 Å². The van der Waals surface area contributed by atoms with Gasteiger partial charge in [0.05, 0.1) is 0 Å². The molecule has 4 heteroatoms. The van der Waals surface area contributed by atoms with Crippen LogP contribution in [0.4, 0.5) is 0 Å². The number of benzene rings is 1. The Morgan fingerprint density at radius 3 is 2.81 bits per heavy atom. The molecule has 3 nitrogen and oxygen atoms in total. The molecule has 1 aliphatic rings. The number of hydrogen-bond acceptors (Lipinski definition) is 3. The Balaban J connectivity index is 1.54. The topological polar surface area (TPSA) is 31.9 Å². The minimum atomic E-state index is 0.669. The maximum absolute atomic E-state index is 4.22. The number of pyridine rings is 1.